The molecule has 0 rings (SSSR count). The van der Waals surface area contributed by atoms with Gasteiger partial charge in [-0.3, -0.25) is 4.79 Å². The molecule has 0 amide bonds. The zero-order valence-electron chi connectivity index (χ0n) is 15.5. The third-order valence-electron chi connectivity index (χ3n) is 3.72. The van der Waals surface area contributed by atoms with Crippen molar-refractivity contribution in [1.29, 1.82) is 0 Å². The second-order valence-corrected chi connectivity index (χ2v) is 6.08. The highest BCUT2D eigenvalue weighted by atomic mass is 16.4. The van der Waals surface area contributed by atoms with Gasteiger partial charge in [0, 0.05) is 6.42 Å². The molecule has 0 saturated carbocycles. The highest BCUT2D eigenvalue weighted by molar-refractivity contribution is 5.66. The summed E-state index contributed by atoms with van der Waals surface area (Å²) in [6.45, 7) is 2.24. The normalized spacial score (nSPS) is 12.4. The quantitative estimate of drug-likeness (QED) is 0.244. The molecule has 0 aromatic heterocycles. The van der Waals surface area contributed by atoms with Crippen LogP contribution >= 0.6 is 0 Å². The molecule has 0 heterocycles. The Bertz CT molecular complexity index is 389. The summed E-state index contributed by atoms with van der Waals surface area (Å²) in [6, 6.07) is 0. The number of rotatable bonds is 16. The minimum absolute atomic E-state index is 0.300. The summed E-state index contributed by atoms with van der Waals surface area (Å²) in [5.74, 6) is -0.687. The van der Waals surface area contributed by atoms with Gasteiger partial charge in [0.05, 0.1) is 0 Å². The van der Waals surface area contributed by atoms with Crippen LogP contribution in [0.3, 0.4) is 0 Å². The highest BCUT2D eigenvalue weighted by Gasteiger charge is 1.94. The zero-order chi connectivity index (χ0) is 17.7. The SMILES string of the molecule is CCCCC/C=C\C/C=C\C/C=C/C/C=C\CCCCCC(=O)O. The second-order valence-electron chi connectivity index (χ2n) is 6.08. The van der Waals surface area contributed by atoms with Crippen LogP contribution in [0, 0.1) is 0 Å². The third kappa shape index (κ3) is 20.4. The molecule has 2 nitrogen and oxygen atoms in total. The van der Waals surface area contributed by atoms with Gasteiger partial charge < -0.3 is 5.11 Å². The summed E-state index contributed by atoms with van der Waals surface area (Å²) in [4.78, 5) is 10.4. The molecule has 0 saturated heterocycles. The average Bonchev–Trinajstić information content (AvgIpc) is 2.56. The van der Waals surface area contributed by atoms with E-state index in [1.807, 2.05) is 0 Å². The topological polar surface area (TPSA) is 37.3 Å². The molecule has 24 heavy (non-hydrogen) atoms. The van der Waals surface area contributed by atoms with Gasteiger partial charge in [0.2, 0.25) is 0 Å². The molecule has 0 fully saturated rings. The lowest BCUT2D eigenvalue weighted by molar-refractivity contribution is -0.137. The standard InChI is InChI=1S/C22H36O2/c1-2-3-4-5-6-7-8-9-10-11-12-13-14-15-16-17-18-19-20-21-22(23)24/h6-7,9-10,12-13,15-16H,2-5,8,11,14,17-21H2,1H3,(H,23,24)/b7-6-,10-9-,13-12+,16-15-. The maximum atomic E-state index is 10.4. The van der Waals surface area contributed by atoms with Crippen molar-refractivity contribution in [3.8, 4) is 0 Å². The Balaban J connectivity index is 3.37. The van der Waals surface area contributed by atoms with Crippen LogP contribution in [-0.4, -0.2) is 11.1 Å². The molecule has 0 unspecified atom stereocenters. The fraction of sp³-hybridized carbons (Fsp3) is 0.591. The predicted octanol–water partition coefficient (Wildman–Crippen LogP) is 7.00. The van der Waals surface area contributed by atoms with Crippen LogP contribution < -0.4 is 0 Å². The number of hydrogen-bond donors (Lipinski definition) is 1. The minimum Gasteiger partial charge on any atom is -0.481 e. The summed E-state index contributed by atoms with van der Waals surface area (Å²) in [6.07, 6.45) is 30.2. The molecule has 0 radical (unpaired) electrons. The Morgan fingerprint density at radius 1 is 0.667 bits per heavy atom. The van der Waals surface area contributed by atoms with E-state index in [-0.39, 0.29) is 0 Å². The van der Waals surface area contributed by atoms with Crippen molar-refractivity contribution in [2.24, 2.45) is 0 Å². The number of carboxylic acids is 1. The van der Waals surface area contributed by atoms with Crippen LogP contribution in [0.2, 0.25) is 0 Å². The Kier molecular flexibility index (Phi) is 18.2. The number of allylic oxidation sites excluding steroid dienone is 8. The van der Waals surface area contributed by atoms with E-state index in [1.165, 1.54) is 25.7 Å². The van der Waals surface area contributed by atoms with Crippen LogP contribution in [0.15, 0.2) is 48.6 Å². The molecule has 0 aliphatic heterocycles. The molecule has 1 N–H and O–H groups in total. The van der Waals surface area contributed by atoms with Gasteiger partial charge in [0.15, 0.2) is 0 Å². The van der Waals surface area contributed by atoms with Crippen molar-refractivity contribution in [2.75, 3.05) is 0 Å². The first kappa shape index (κ1) is 22.4. The molecule has 0 aliphatic rings. The minimum atomic E-state index is -0.687. The molecular formula is C22H36O2. The molecule has 0 aliphatic carbocycles. The summed E-state index contributed by atoms with van der Waals surface area (Å²) in [7, 11) is 0. The summed E-state index contributed by atoms with van der Waals surface area (Å²) < 4.78 is 0. The van der Waals surface area contributed by atoms with Crippen molar-refractivity contribution >= 4 is 5.97 Å². The molecule has 2 heteroatoms. The molecular weight excluding hydrogens is 296 g/mol. The Hall–Kier alpha value is -1.57. The van der Waals surface area contributed by atoms with Gasteiger partial charge in [-0.15, -0.1) is 0 Å². The van der Waals surface area contributed by atoms with Crippen LogP contribution in [0.1, 0.15) is 84.0 Å². The van der Waals surface area contributed by atoms with E-state index in [9.17, 15) is 4.79 Å². The van der Waals surface area contributed by atoms with E-state index in [4.69, 9.17) is 5.11 Å². The van der Waals surface area contributed by atoms with Gasteiger partial charge in [-0.2, -0.15) is 0 Å². The number of carboxylic acid groups (broad SMARTS) is 1. The lowest BCUT2D eigenvalue weighted by Crippen LogP contribution is -1.93. The fourth-order valence-corrected chi connectivity index (χ4v) is 2.28. The Morgan fingerprint density at radius 3 is 1.58 bits per heavy atom. The molecule has 0 aromatic carbocycles. The van der Waals surface area contributed by atoms with Gasteiger partial charge in [-0.1, -0.05) is 74.8 Å². The lowest BCUT2D eigenvalue weighted by atomic mass is 10.1. The van der Waals surface area contributed by atoms with E-state index in [0.717, 1.165) is 44.9 Å². The first-order chi connectivity index (χ1) is 11.8. The van der Waals surface area contributed by atoms with Crippen LogP contribution in [0.25, 0.3) is 0 Å². The summed E-state index contributed by atoms with van der Waals surface area (Å²) in [5, 5.41) is 8.53. The van der Waals surface area contributed by atoms with Crippen molar-refractivity contribution in [3.05, 3.63) is 48.6 Å². The van der Waals surface area contributed by atoms with Crippen molar-refractivity contribution in [2.45, 2.75) is 84.0 Å². The van der Waals surface area contributed by atoms with Gasteiger partial charge in [0.1, 0.15) is 0 Å². The third-order valence-corrected chi connectivity index (χ3v) is 3.72. The van der Waals surface area contributed by atoms with Crippen LogP contribution in [0.4, 0.5) is 0 Å². The molecule has 136 valence electrons. The number of hydrogen-bond acceptors (Lipinski definition) is 1. The van der Waals surface area contributed by atoms with Gasteiger partial charge >= 0.3 is 5.97 Å². The zero-order valence-corrected chi connectivity index (χ0v) is 15.5. The smallest absolute Gasteiger partial charge is 0.303 e. The molecule has 0 spiro atoms. The average molecular weight is 333 g/mol. The van der Waals surface area contributed by atoms with Crippen LogP contribution in [-0.2, 0) is 4.79 Å². The maximum absolute atomic E-state index is 10.4. The monoisotopic (exact) mass is 332 g/mol. The van der Waals surface area contributed by atoms with Crippen molar-refractivity contribution in [3.63, 3.8) is 0 Å². The van der Waals surface area contributed by atoms with Crippen molar-refractivity contribution in [1.82, 2.24) is 0 Å². The number of aliphatic carboxylic acids is 1. The Morgan fingerprint density at radius 2 is 1.12 bits per heavy atom. The van der Waals surface area contributed by atoms with Gasteiger partial charge in [0.25, 0.3) is 0 Å². The predicted molar refractivity (Wildman–Crippen MR) is 105 cm³/mol. The fourth-order valence-electron chi connectivity index (χ4n) is 2.28. The molecule has 0 aromatic rings. The van der Waals surface area contributed by atoms with Gasteiger partial charge in [-0.25, -0.2) is 0 Å². The Labute approximate surface area is 149 Å². The number of unbranched alkanes of at least 4 members (excludes halogenated alkanes) is 6. The maximum Gasteiger partial charge on any atom is 0.303 e. The molecule has 0 bridgehead atoms. The van der Waals surface area contributed by atoms with Gasteiger partial charge in [-0.05, 0) is 51.4 Å². The summed E-state index contributed by atoms with van der Waals surface area (Å²) in [5.41, 5.74) is 0. The van der Waals surface area contributed by atoms with E-state index in [1.54, 1.807) is 0 Å². The first-order valence-corrected chi connectivity index (χ1v) is 9.59. The van der Waals surface area contributed by atoms with E-state index in [0.29, 0.717) is 6.42 Å². The molecule has 0 atom stereocenters. The van der Waals surface area contributed by atoms with E-state index < -0.39 is 5.97 Å². The summed E-state index contributed by atoms with van der Waals surface area (Å²) >= 11 is 0. The van der Waals surface area contributed by atoms with E-state index in [2.05, 4.69) is 55.5 Å². The lowest BCUT2D eigenvalue weighted by Gasteiger charge is -1.94. The number of carbonyl (C=O) groups is 1. The highest BCUT2D eigenvalue weighted by Crippen LogP contribution is 2.04. The first-order valence-electron chi connectivity index (χ1n) is 9.59. The second kappa shape index (κ2) is 19.5. The largest absolute Gasteiger partial charge is 0.481 e. The van der Waals surface area contributed by atoms with Crippen molar-refractivity contribution < 1.29 is 9.90 Å². The van der Waals surface area contributed by atoms with Crippen LogP contribution in [0.5, 0.6) is 0 Å². The van der Waals surface area contributed by atoms with E-state index >= 15 is 0 Å².